The first kappa shape index (κ1) is 15.9. The van der Waals surface area contributed by atoms with Crippen LogP contribution in [0.4, 0.5) is 11.5 Å². The van der Waals surface area contributed by atoms with E-state index >= 15 is 0 Å². The zero-order valence-corrected chi connectivity index (χ0v) is 12.8. The van der Waals surface area contributed by atoms with Gasteiger partial charge in [-0.25, -0.2) is 0 Å². The molecule has 116 valence electrons. The van der Waals surface area contributed by atoms with Crippen molar-refractivity contribution in [2.24, 2.45) is 0 Å². The smallest absolute Gasteiger partial charge is 0.278 e. The molecule has 0 saturated heterocycles. The van der Waals surface area contributed by atoms with Gasteiger partial charge in [-0.2, -0.15) is 0 Å². The predicted octanol–water partition coefficient (Wildman–Crippen LogP) is 2.20. The fourth-order valence-electron chi connectivity index (χ4n) is 2.01. The normalized spacial score (nSPS) is 10.3. The van der Waals surface area contributed by atoms with E-state index in [9.17, 15) is 4.79 Å². The molecule has 22 heavy (non-hydrogen) atoms. The number of amides is 1. The van der Waals surface area contributed by atoms with E-state index in [1.165, 1.54) is 0 Å². The van der Waals surface area contributed by atoms with Gasteiger partial charge in [-0.3, -0.25) is 4.79 Å². The van der Waals surface area contributed by atoms with Crippen molar-refractivity contribution in [2.75, 3.05) is 37.0 Å². The number of rotatable bonds is 7. The Balaban J connectivity index is 2.08. The van der Waals surface area contributed by atoms with Gasteiger partial charge in [-0.05, 0) is 31.2 Å². The summed E-state index contributed by atoms with van der Waals surface area (Å²) in [6.45, 7) is 3.72. The van der Waals surface area contributed by atoms with E-state index in [0.717, 1.165) is 5.69 Å². The molecule has 6 heteroatoms. The molecule has 1 aromatic carbocycles. The van der Waals surface area contributed by atoms with E-state index in [4.69, 9.17) is 4.74 Å². The Morgan fingerprint density at radius 1 is 1.18 bits per heavy atom. The summed E-state index contributed by atoms with van der Waals surface area (Å²) in [5.41, 5.74) is 1.17. The van der Waals surface area contributed by atoms with Gasteiger partial charge < -0.3 is 15.0 Å². The van der Waals surface area contributed by atoms with Crippen LogP contribution in [0.2, 0.25) is 0 Å². The number of methoxy groups -OCH3 is 1. The highest BCUT2D eigenvalue weighted by Gasteiger charge is 2.17. The van der Waals surface area contributed by atoms with Crippen molar-refractivity contribution in [2.45, 2.75) is 6.92 Å². The maximum atomic E-state index is 12.5. The number of ether oxygens (including phenoxy) is 1. The first-order valence-corrected chi connectivity index (χ1v) is 7.19. The minimum absolute atomic E-state index is 0.162. The lowest BCUT2D eigenvalue weighted by molar-refractivity contribution is 0.0982. The third-order valence-corrected chi connectivity index (χ3v) is 3.13. The van der Waals surface area contributed by atoms with Crippen LogP contribution in [-0.4, -0.2) is 42.9 Å². The number of anilines is 2. The van der Waals surface area contributed by atoms with Crippen LogP contribution in [-0.2, 0) is 4.74 Å². The molecule has 0 aliphatic carbocycles. The van der Waals surface area contributed by atoms with E-state index < -0.39 is 0 Å². The third kappa shape index (κ3) is 4.02. The van der Waals surface area contributed by atoms with Crippen molar-refractivity contribution in [3.63, 3.8) is 0 Å². The summed E-state index contributed by atoms with van der Waals surface area (Å²) in [6, 6.07) is 12.9. The minimum atomic E-state index is -0.162. The van der Waals surface area contributed by atoms with Crippen LogP contribution in [0.3, 0.4) is 0 Å². The Bertz CT molecular complexity index is 587. The molecule has 0 bridgehead atoms. The van der Waals surface area contributed by atoms with Crippen molar-refractivity contribution in [1.82, 2.24) is 10.2 Å². The lowest BCUT2D eigenvalue weighted by atomic mass is 10.2. The molecule has 2 aromatic rings. The molecule has 1 heterocycles. The number of para-hydroxylation sites is 1. The zero-order chi connectivity index (χ0) is 15.8. The van der Waals surface area contributed by atoms with Crippen molar-refractivity contribution in [3.8, 4) is 0 Å². The van der Waals surface area contributed by atoms with E-state index in [1.54, 1.807) is 24.1 Å². The first-order chi connectivity index (χ1) is 10.8. The number of carbonyl (C=O) groups excluding carboxylic acids is 1. The number of nitrogens with one attached hydrogen (secondary N) is 1. The highest BCUT2D eigenvalue weighted by Crippen LogP contribution is 2.15. The molecule has 1 aromatic heterocycles. The SMILES string of the molecule is CCN(C(=O)c1ccc(NCCOC)nn1)c1ccccc1. The van der Waals surface area contributed by atoms with Gasteiger partial charge in [-0.1, -0.05) is 18.2 Å². The fourth-order valence-corrected chi connectivity index (χ4v) is 2.01. The maximum Gasteiger partial charge on any atom is 0.278 e. The van der Waals surface area contributed by atoms with Crippen LogP contribution in [0.5, 0.6) is 0 Å². The van der Waals surface area contributed by atoms with Crippen LogP contribution < -0.4 is 10.2 Å². The lowest BCUT2D eigenvalue weighted by Gasteiger charge is -2.20. The van der Waals surface area contributed by atoms with E-state index in [1.807, 2.05) is 37.3 Å². The summed E-state index contributed by atoms with van der Waals surface area (Å²) < 4.78 is 4.95. The minimum Gasteiger partial charge on any atom is -0.383 e. The van der Waals surface area contributed by atoms with E-state index in [-0.39, 0.29) is 5.91 Å². The molecule has 0 aliphatic rings. The number of benzene rings is 1. The molecule has 1 N–H and O–H groups in total. The average molecular weight is 300 g/mol. The molecule has 0 atom stereocenters. The van der Waals surface area contributed by atoms with Crippen LogP contribution in [0.25, 0.3) is 0 Å². The topological polar surface area (TPSA) is 67.4 Å². The largest absolute Gasteiger partial charge is 0.383 e. The summed E-state index contributed by atoms with van der Waals surface area (Å²) in [6.07, 6.45) is 0. The Labute approximate surface area is 130 Å². The number of aromatic nitrogens is 2. The molecule has 0 saturated carbocycles. The van der Waals surface area contributed by atoms with Gasteiger partial charge in [0.05, 0.1) is 6.61 Å². The molecule has 6 nitrogen and oxygen atoms in total. The highest BCUT2D eigenvalue weighted by atomic mass is 16.5. The number of nitrogens with zero attached hydrogens (tertiary/aromatic N) is 3. The number of hydrogen-bond acceptors (Lipinski definition) is 5. The molecule has 0 spiro atoms. The standard InChI is InChI=1S/C16H20N4O2/c1-3-20(13-7-5-4-6-8-13)16(21)14-9-10-15(19-18-14)17-11-12-22-2/h4-10H,3,11-12H2,1-2H3,(H,17,19). The van der Waals surface area contributed by atoms with Gasteiger partial charge >= 0.3 is 0 Å². The van der Waals surface area contributed by atoms with Crippen molar-refractivity contribution in [1.29, 1.82) is 0 Å². The zero-order valence-electron chi connectivity index (χ0n) is 12.8. The molecule has 1 amide bonds. The summed E-state index contributed by atoms with van der Waals surface area (Å²) in [7, 11) is 1.64. The Morgan fingerprint density at radius 3 is 2.55 bits per heavy atom. The van der Waals surface area contributed by atoms with Gasteiger partial charge in [0.15, 0.2) is 5.69 Å². The van der Waals surface area contributed by atoms with Crippen molar-refractivity contribution < 1.29 is 9.53 Å². The van der Waals surface area contributed by atoms with Crippen molar-refractivity contribution in [3.05, 3.63) is 48.2 Å². The molecule has 0 aliphatic heterocycles. The lowest BCUT2D eigenvalue weighted by Crippen LogP contribution is -2.31. The van der Waals surface area contributed by atoms with Gasteiger partial charge in [0.2, 0.25) is 0 Å². The van der Waals surface area contributed by atoms with Gasteiger partial charge in [0, 0.05) is 25.9 Å². The molecule has 0 fully saturated rings. The molecular weight excluding hydrogens is 280 g/mol. The van der Waals surface area contributed by atoms with E-state index in [0.29, 0.717) is 31.2 Å². The average Bonchev–Trinajstić information content (AvgIpc) is 2.57. The Hall–Kier alpha value is -2.47. The second kappa shape index (κ2) is 8.09. The second-order valence-corrected chi connectivity index (χ2v) is 4.61. The van der Waals surface area contributed by atoms with Crippen molar-refractivity contribution >= 4 is 17.4 Å². The fraction of sp³-hybridized carbons (Fsp3) is 0.312. The summed E-state index contributed by atoms with van der Waals surface area (Å²) in [4.78, 5) is 14.2. The summed E-state index contributed by atoms with van der Waals surface area (Å²) in [5.74, 6) is 0.459. The monoisotopic (exact) mass is 300 g/mol. The number of carbonyl (C=O) groups is 1. The van der Waals surface area contributed by atoms with Crippen LogP contribution in [0, 0.1) is 0 Å². The quantitative estimate of drug-likeness (QED) is 0.794. The van der Waals surface area contributed by atoms with Crippen LogP contribution >= 0.6 is 0 Å². The Morgan fingerprint density at radius 2 is 1.95 bits per heavy atom. The molecular formula is C16H20N4O2. The molecule has 0 radical (unpaired) electrons. The maximum absolute atomic E-state index is 12.5. The molecule has 2 rings (SSSR count). The van der Waals surface area contributed by atoms with E-state index in [2.05, 4.69) is 15.5 Å². The Kier molecular flexibility index (Phi) is 5.85. The van der Waals surface area contributed by atoms with Crippen LogP contribution in [0.1, 0.15) is 17.4 Å². The molecule has 0 unspecified atom stereocenters. The number of hydrogen-bond donors (Lipinski definition) is 1. The second-order valence-electron chi connectivity index (χ2n) is 4.61. The first-order valence-electron chi connectivity index (χ1n) is 7.19. The third-order valence-electron chi connectivity index (χ3n) is 3.13. The van der Waals surface area contributed by atoms with Gasteiger partial charge in [0.1, 0.15) is 5.82 Å². The van der Waals surface area contributed by atoms with Crippen LogP contribution in [0.15, 0.2) is 42.5 Å². The van der Waals surface area contributed by atoms with Gasteiger partial charge in [0.25, 0.3) is 5.91 Å². The highest BCUT2D eigenvalue weighted by molar-refractivity contribution is 6.04. The predicted molar refractivity (Wildman–Crippen MR) is 86.2 cm³/mol. The summed E-state index contributed by atoms with van der Waals surface area (Å²) >= 11 is 0. The van der Waals surface area contributed by atoms with Gasteiger partial charge in [-0.15, -0.1) is 10.2 Å². The summed E-state index contributed by atoms with van der Waals surface area (Å²) in [5, 5.41) is 11.1.